The van der Waals surface area contributed by atoms with Crippen molar-refractivity contribution >= 4 is 17.8 Å². The van der Waals surface area contributed by atoms with E-state index in [9.17, 15) is 14.7 Å². The van der Waals surface area contributed by atoms with E-state index in [1.165, 1.54) is 0 Å². The van der Waals surface area contributed by atoms with Crippen LogP contribution in [0.1, 0.15) is 38.9 Å². The summed E-state index contributed by atoms with van der Waals surface area (Å²) in [5.41, 5.74) is 3.02. The standard InChI is InChI=1S/C22H18N2O4/c1-2-28-22(27)20-15(13-24(23-20)16-7-4-3-5-8-16)11-14-12-18-17(21(14)26)9-6-10-19(18)25/h3-11,13,25H,2,12H2,1H3/b14-11+. The molecule has 0 spiro atoms. The third kappa shape index (κ3) is 3.09. The van der Waals surface area contributed by atoms with E-state index >= 15 is 0 Å². The zero-order valence-corrected chi connectivity index (χ0v) is 15.3. The number of ether oxygens (including phenoxy) is 1. The van der Waals surface area contributed by atoms with Crippen molar-refractivity contribution in [3.8, 4) is 11.4 Å². The Morgan fingerprint density at radius 1 is 1.21 bits per heavy atom. The molecule has 28 heavy (non-hydrogen) atoms. The highest BCUT2D eigenvalue weighted by Crippen LogP contribution is 2.34. The summed E-state index contributed by atoms with van der Waals surface area (Å²) in [5.74, 6) is -0.608. The number of phenolic OH excluding ortho intramolecular Hbond substituents is 1. The molecule has 0 aliphatic heterocycles. The van der Waals surface area contributed by atoms with Crippen molar-refractivity contribution in [2.24, 2.45) is 0 Å². The summed E-state index contributed by atoms with van der Waals surface area (Å²) in [6.07, 6.45) is 3.66. The maximum absolute atomic E-state index is 12.7. The molecule has 0 unspecified atom stereocenters. The topological polar surface area (TPSA) is 81.4 Å². The molecule has 0 saturated carbocycles. The Morgan fingerprint density at radius 2 is 2.00 bits per heavy atom. The highest BCUT2D eigenvalue weighted by molar-refractivity contribution is 6.16. The van der Waals surface area contributed by atoms with Crippen LogP contribution in [0.5, 0.6) is 5.75 Å². The minimum absolute atomic E-state index is 0.0971. The van der Waals surface area contributed by atoms with Crippen LogP contribution in [0.25, 0.3) is 11.8 Å². The van der Waals surface area contributed by atoms with Crippen molar-refractivity contribution in [2.45, 2.75) is 13.3 Å². The molecule has 0 saturated heterocycles. The van der Waals surface area contributed by atoms with Gasteiger partial charge in [0.1, 0.15) is 5.75 Å². The summed E-state index contributed by atoms with van der Waals surface area (Å²) in [5, 5.41) is 14.4. The summed E-state index contributed by atoms with van der Waals surface area (Å²) in [7, 11) is 0. The molecule has 3 aromatic rings. The number of fused-ring (bicyclic) bond motifs is 1. The van der Waals surface area contributed by atoms with Gasteiger partial charge in [0, 0.05) is 34.9 Å². The van der Waals surface area contributed by atoms with Gasteiger partial charge in [-0.3, -0.25) is 4.79 Å². The summed E-state index contributed by atoms with van der Waals surface area (Å²) in [4.78, 5) is 25.1. The molecule has 1 aliphatic rings. The van der Waals surface area contributed by atoms with Gasteiger partial charge >= 0.3 is 5.97 Å². The largest absolute Gasteiger partial charge is 0.508 e. The molecule has 6 heteroatoms. The maximum Gasteiger partial charge on any atom is 0.359 e. The van der Waals surface area contributed by atoms with Gasteiger partial charge in [0.25, 0.3) is 0 Å². The van der Waals surface area contributed by atoms with Crippen LogP contribution in [0.15, 0.2) is 60.3 Å². The molecule has 1 aromatic heterocycles. The van der Waals surface area contributed by atoms with E-state index in [1.807, 2.05) is 30.3 Å². The lowest BCUT2D eigenvalue weighted by Crippen LogP contribution is -2.08. The predicted octanol–water partition coefficient (Wildman–Crippen LogP) is 3.58. The van der Waals surface area contributed by atoms with Crippen molar-refractivity contribution < 1.29 is 19.4 Å². The molecule has 1 aliphatic carbocycles. The number of Topliss-reactive ketones (excluding diaryl/α,β-unsaturated/α-hetero) is 1. The Bertz CT molecular complexity index is 1100. The Balaban J connectivity index is 1.78. The summed E-state index contributed by atoms with van der Waals surface area (Å²) in [6.45, 7) is 1.95. The number of hydrogen-bond donors (Lipinski definition) is 1. The van der Waals surface area contributed by atoms with E-state index in [2.05, 4.69) is 5.10 Å². The number of para-hydroxylation sites is 1. The van der Waals surface area contributed by atoms with Crippen LogP contribution in [0.3, 0.4) is 0 Å². The summed E-state index contributed by atoms with van der Waals surface area (Å²) in [6, 6.07) is 14.3. The number of aromatic nitrogens is 2. The molecular formula is C22H18N2O4. The molecule has 4 rings (SSSR count). The zero-order valence-electron chi connectivity index (χ0n) is 15.3. The molecule has 0 radical (unpaired) electrons. The van der Waals surface area contributed by atoms with Crippen LogP contribution in [0, 0.1) is 0 Å². The second kappa shape index (κ2) is 7.15. The molecule has 0 atom stereocenters. The minimum atomic E-state index is -0.546. The van der Waals surface area contributed by atoms with Crippen LogP contribution >= 0.6 is 0 Å². The van der Waals surface area contributed by atoms with E-state index in [0.29, 0.717) is 28.7 Å². The van der Waals surface area contributed by atoms with Gasteiger partial charge in [-0.05, 0) is 31.2 Å². The SMILES string of the molecule is CCOC(=O)c1nn(-c2ccccc2)cc1/C=C1\Cc2c(O)cccc2C1=O. The van der Waals surface area contributed by atoms with Crippen LogP contribution in [-0.4, -0.2) is 33.2 Å². The van der Waals surface area contributed by atoms with Gasteiger partial charge in [0.15, 0.2) is 11.5 Å². The number of hydrogen-bond acceptors (Lipinski definition) is 5. The number of allylic oxidation sites excluding steroid dienone is 1. The fourth-order valence-corrected chi connectivity index (χ4v) is 3.29. The number of phenols is 1. The monoisotopic (exact) mass is 374 g/mol. The van der Waals surface area contributed by atoms with E-state index in [1.54, 1.807) is 42.1 Å². The lowest BCUT2D eigenvalue weighted by molar-refractivity contribution is 0.0518. The Labute approximate surface area is 161 Å². The average Bonchev–Trinajstić information content (AvgIpc) is 3.26. The molecule has 1 heterocycles. The number of esters is 1. The van der Waals surface area contributed by atoms with Crippen LogP contribution in [-0.2, 0) is 11.2 Å². The van der Waals surface area contributed by atoms with Gasteiger partial charge in [0.05, 0.1) is 12.3 Å². The Kier molecular flexibility index (Phi) is 4.53. The van der Waals surface area contributed by atoms with Gasteiger partial charge in [-0.2, -0.15) is 5.10 Å². The number of carbonyl (C=O) groups excluding carboxylic acids is 2. The molecule has 6 nitrogen and oxygen atoms in total. The van der Waals surface area contributed by atoms with Crippen LogP contribution < -0.4 is 0 Å². The second-order valence-electron chi connectivity index (χ2n) is 6.41. The molecule has 1 N–H and O–H groups in total. The Morgan fingerprint density at radius 3 is 2.71 bits per heavy atom. The van der Waals surface area contributed by atoms with E-state index < -0.39 is 5.97 Å². The minimum Gasteiger partial charge on any atom is -0.508 e. The molecule has 2 aromatic carbocycles. The van der Waals surface area contributed by atoms with Crippen molar-refractivity contribution in [2.75, 3.05) is 6.61 Å². The molecular weight excluding hydrogens is 356 g/mol. The highest BCUT2D eigenvalue weighted by atomic mass is 16.5. The number of rotatable bonds is 4. The van der Waals surface area contributed by atoms with Gasteiger partial charge in [-0.1, -0.05) is 30.3 Å². The third-order valence-corrected chi connectivity index (χ3v) is 4.62. The quantitative estimate of drug-likeness (QED) is 0.558. The van der Waals surface area contributed by atoms with Gasteiger partial charge in [0.2, 0.25) is 0 Å². The lowest BCUT2D eigenvalue weighted by atomic mass is 10.1. The molecule has 0 bridgehead atoms. The second-order valence-corrected chi connectivity index (χ2v) is 6.41. The van der Waals surface area contributed by atoms with Crippen LogP contribution in [0.2, 0.25) is 0 Å². The number of benzene rings is 2. The number of ketones is 1. The maximum atomic E-state index is 12.7. The molecule has 140 valence electrons. The average molecular weight is 374 g/mol. The predicted molar refractivity (Wildman–Crippen MR) is 104 cm³/mol. The first-order valence-electron chi connectivity index (χ1n) is 8.97. The van der Waals surface area contributed by atoms with Crippen molar-refractivity contribution in [3.05, 3.63) is 82.7 Å². The summed E-state index contributed by atoms with van der Waals surface area (Å²) >= 11 is 0. The van der Waals surface area contributed by atoms with Crippen molar-refractivity contribution in [3.63, 3.8) is 0 Å². The number of nitrogens with zero attached hydrogens (tertiary/aromatic N) is 2. The first-order chi connectivity index (χ1) is 13.6. The van der Waals surface area contributed by atoms with E-state index in [-0.39, 0.29) is 23.8 Å². The first-order valence-corrected chi connectivity index (χ1v) is 8.97. The normalized spacial score (nSPS) is 14.3. The fourth-order valence-electron chi connectivity index (χ4n) is 3.29. The third-order valence-electron chi connectivity index (χ3n) is 4.62. The number of aromatic hydroxyl groups is 1. The van der Waals surface area contributed by atoms with Crippen molar-refractivity contribution in [1.29, 1.82) is 0 Å². The first kappa shape index (κ1) is 17.7. The summed E-state index contributed by atoms with van der Waals surface area (Å²) < 4.78 is 6.71. The van der Waals surface area contributed by atoms with E-state index in [4.69, 9.17) is 4.74 Å². The zero-order chi connectivity index (χ0) is 19.7. The molecule has 0 fully saturated rings. The smallest absolute Gasteiger partial charge is 0.359 e. The van der Waals surface area contributed by atoms with Gasteiger partial charge in [-0.15, -0.1) is 0 Å². The van der Waals surface area contributed by atoms with E-state index in [0.717, 1.165) is 5.69 Å². The van der Waals surface area contributed by atoms with Gasteiger partial charge in [-0.25, -0.2) is 9.48 Å². The van der Waals surface area contributed by atoms with Gasteiger partial charge < -0.3 is 9.84 Å². The molecule has 0 amide bonds. The lowest BCUT2D eigenvalue weighted by Gasteiger charge is -2.00. The van der Waals surface area contributed by atoms with Crippen LogP contribution in [0.4, 0.5) is 0 Å². The highest BCUT2D eigenvalue weighted by Gasteiger charge is 2.28. The van der Waals surface area contributed by atoms with Crippen molar-refractivity contribution in [1.82, 2.24) is 9.78 Å². The Hall–Kier alpha value is -3.67. The fraction of sp³-hybridized carbons (Fsp3) is 0.136. The number of carbonyl (C=O) groups is 2.